The summed E-state index contributed by atoms with van der Waals surface area (Å²) in [7, 11) is 0. The second-order valence-corrected chi connectivity index (χ2v) is 6.43. The number of hydrogen-bond donors (Lipinski definition) is 1. The lowest BCUT2D eigenvalue weighted by Crippen LogP contribution is -2.49. The summed E-state index contributed by atoms with van der Waals surface area (Å²) < 4.78 is 5.70. The lowest BCUT2D eigenvalue weighted by atomic mass is 9.90. The Labute approximate surface area is 142 Å². The molecule has 2 aromatic heterocycles. The standard InChI is InChI=1S/C18H23N5O/c1-4-15(5-1)23-9-10-24-13-16(23)18-20-8-6-17(22-18)21-12-14-3-2-7-19-11-14/h2-3,6-8,11,15-16H,1,4-5,9-10,12-13H2,(H,20,21,22)/t16-/m0/s1. The lowest BCUT2D eigenvalue weighted by molar-refractivity contribution is -0.0496. The maximum atomic E-state index is 5.70. The van der Waals surface area contributed by atoms with Crippen molar-refractivity contribution in [1.29, 1.82) is 0 Å². The zero-order valence-electron chi connectivity index (χ0n) is 13.8. The minimum absolute atomic E-state index is 0.171. The van der Waals surface area contributed by atoms with Crippen LogP contribution in [0.25, 0.3) is 0 Å². The van der Waals surface area contributed by atoms with Crippen LogP contribution >= 0.6 is 0 Å². The summed E-state index contributed by atoms with van der Waals surface area (Å²) in [6, 6.07) is 6.75. The molecule has 0 spiro atoms. The van der Waals surface area contributed by atoms with Gasteiger partial charge in [0.1, 0.15) is 11.6 Å². The van der Waals surface area contributed by atoms with E-state index in [9.17, 15) is 0 Å². The summed E-state index contributed by atoms with van der Waals surface area (Å²) in [4.78, 5) is 15.9. The van der Waals surface area contributed by atoms with Crippen molar-refractivity contribution in [3.63, 3.8) is 0 Å². The third kappa shape index (κ3) is 3.39. The molecule has 6 nitrogen and oxygen atoms in total. The highest BCUT2D eigenvalue weighted by molar-refractivity contribution is 5.34. The SMILES string of the molecule is c1cncc(CNc2ccnc([C@@H]3COCCN3C3CCC3)n2)c1. The van der Waals surface area contributed by atoms with E-state index >= 15 is 0 Å². The summed E-state index contributed by atoms with van der Waals surface area (Å²) in [5, 5.41) is 3.36. The Kier molecular flexibility index (Phi) is 4.66. The van der Waals surface area contributed by atoms with Crippen LogP contribution in [0.2, 0.25) is 0 Å². The quantitative estimate of drug-likeness (QED) is 0.911. The number of nitrogens with one attached hydrogen (secondary N) is 1. The molecule has 3 heterocycles. The van der Waals surface area contributed by atoms with E-state index in [-0.39, 0.29) is 6.04 Å². The first-order valence-corrected chi connectivity index (χ1v) is 8.69. The second kappa shape index (κ2) is 7.23. The van der Waals surface area contributed by atoms with Crippen molar-refractivity contribution in [1.82, 2.24) is 19.9 Å². The van der Waals surface area contributed by atoms with E-state index in [1.807, 2.05) is 24.5 Å². The fraction of sp³-hybridized carbons (Fsp3) is 0.500. The summed E-state index contributed by atoms with van der Waals surface area (Å²) in [6.07, 6.45) is 9.39. The average Bonchev–Trinajstić information content (AvgIpc) is 2.60. The van der Waals surface area contributed by atoms with Gasteiger partial charge in [-0.1, -0.05) is 12.5 Å². The van der Waals surface area contributed by atoms with Crippen molar-refractivity contribution in [2.75, 3.05) is 25.1 Å². The number of hydrogen-bond acceptors (Lipinski definition) is 6. The molecule has 0 amide bonds. The normalized spacial score (nSPS) is 22.1. The number of morpholine rings is 1. The first kappa shape index (κ1) is 15.5. The second-order valence-electron chi connectivity index (χ2n) is 6.43. The van der Waals surface area contributed by atoms with E-state index in [2.05, 4.69) is 26.3 Å². The maximum Gasteiger partial charge on any atom is 0.150 e. The van der Waals surface area contributed by atoms with Crippen LogP contribution in [0.15, 0.2) is 36.8 Å². The molecule has 2 fully saturated rings. The van der Waals surface area contributed by atoms with Gasteiger partial charge in [0.25, 0.3) is 0 Å². The van der Waals surface area contributed by atoms with Crippen LogP contribution < -0.4 is 5.32 Å². The van der Waals surface area contributed by atoms with Crippen LogP contribution in [0, 0.1) is 0 Å². The average molecular weight is 325 g/mol. The Balaban J connectivity index is 1.46. The molecule has 0 radical (unpaired) electrons. The van der Waals surface area contributed by atoms with E-state index in [0.29, 0.717) is 19.2 Å². The highest BCUT2D eigenvalue weighted by Crippen LogP contribution is 2.33. The van der Waals surface area contributed by atoms with Gasteiger partial charge < -0.3 is 10.1 Å². The first-order chi connectivity index (χ1) is 11.9. The molecule has 2 aliphatic rings. The molecule has 1 atom stereocenters. The molecule has 0 aromatic carbocycles. The van der Waals surface area contributed by atoms with Crippen molar-refractivity contribution in [2.24, 2.45) is 0 Å². The number of pyridine rings is 1. The molecule has 6 heteroatoms. The van der Waals surface area contributed by atoms with Gasteiger partial charge in [0.2, 0.25) is 0 Å². The third-order valence-corrected chi connectivity index (χ3v) is 4.88. The van der Waals surface area contributed by atoms with Crippen molar-refractivity contribution >= 4 is 5.82 Å². The molecular formula is C18H23N5O. The molecule has 24 heavy (non-hydrogen) atoms. The monoisotopic (exact) mass is 325 g/mol. The van der Waals surface area contributed by atoms with Gasteiger partial charge >= 0.3 is 0 Å². The first-order valence-electron chi connectivity index (χ1n) is 8.69. The highest BCUT2D eigenvalue weighted by Gasteiger charge is 2.35. The number of nitrogens with zero attached hydrogens (tertiary/aromatic N) is 4. The fourth-order valence-corrected chi connectivity index (χ4v) is 3.32. The molecule has 2 aromatic rings. The molecule has 1 aliphatic carbocycles. The number of aromatic nitrogens is 3. The van der Waals surface area contributed by atoms with Crippen molar-refractivity contribution in [3.8, 4) is 0 Å². The van der Waals surface area contributed by atoms with Gasteiger partial charge in [-0.2, -0.15) is 0 Å². The van der Waals surface area contributed by atoms with Gasteiger partial charge in [0, 0.05) is 37.7 Å². The third-order valence-electron chi connectivity index (χ3n) is 4.88. The van der Waals surface area contributed by atoms with E-state index < -0.39 is 0 Å². The van der Waals surface area contributed by atoms with Crippen LogP contribution in [0.1, 0.15) is 36.7 Å². The largest absolute Gasteiger partial charge is 0.378 e. The fourth-order valence-electron chi connectivity index (χ4n) is 3.32. The van der Waals surface area contributed by atoms with Gasteiger partial charge in [-0.05, 0) is 30.5 Å². The van der Waals surface area contributed by atoms with Crippen LogP contribution in [0.5, 0.6) is 0 Å². The molecule has 1 N–H and O–H groups in total. The van der Waals surface area contributed by atoms with Crippen LogP contribution in [0.3, 0.4) is 0 Å². The number of ether oxygens (including phenoxy) is 1. The smallest absolute Gasteiger partial charge is 0.150 e. The van der Waals surface area contributed by atoms with Crippen molar-refractivity contribution < 1.29 is 4.74 Å². The van der Waals surface area contributed by atoms with Gasteiger partial charge in [-0.25, -0.2) is 9.97 Å². The molecule has 1 saturated heterocycles. The molecule has 0 unspecified atom stereocenters. The number of rotatable bonds is 5. The Hall–Kier alpha value is -2.05. The predicted molar refractivity (Wildman–Crippen MR) is 91.5 cm³/mol. The summed E-state index contributed by atoms with van der Waals surface area (Å²) in [5.41, 5.74) is 1.13. The molecule has 4 rings (SSSR count). The van der Waals surface area contributed by atoms with E-state index in [0.717, 1.165) is 30.4 Å². The predicted octanol–water partition coefficient (Wildman–Crippen LogP) is 2.41. The molecule has 126 valence electrons. The number of anilines is 1. The van der Waals surface area contributed by atoms with Crippen LogP contribution in [0.4, 0.5) is 5.82 Å². The molecule has 0 bridgehead atoms. The van der Waals surface area contributed by atoms with Crippen molar-refractivity contribution in [2.45, 2.75) is 37.9 Å². The van der Waals surface area contributed by atoms with E-state index in [4.69, 9.17) is 9.72 Å². The molecular weight excluding hydrogens is 302 g/mol. The van der Waals surface area contributed by atoms with E-state index in [1.54, 1.807) is 6.20 Å². The Bertz CT molecular complexity index is 661. The summed E-state index contributed by atoms with van der Waals surface area (Å²) >= 11 is 0. The zero-order chi connectivity index (χ0) is 16.2. The van der Waals surface area contributed by atoms with Crippen LogP contribution in [-0.2, 0) is 11.3 Å². The van der Waals surface area contributed by atoms with E-state index in [1.165, 1.54) is 19.3 Å². The van der Waals surface area contributed by atoms with Gasteiger partial charge in [0.05, 0.1) is 19.3 Å². The summed E-state index contributed by atoms with van der Waals surface area (Å²) in [6.45, 7) is 3.18. The molecule has 1 aliphatic heterocycles. The minimum atomic E-state index is 0.171. The lowest BCUT2D eigenvalue weighted by Gasteiger charge is -2.44. The summed E-state index contributed by atoms with van der Waals surface area (Å²) in [5.74, 6) is 1.71. The Morgan fingerprint density at radius 3 is 3.00 bits per heavy atom. The topological polar surface area (TPSA) is 63.2 Å². The Morgan fingerprint density at radius 1 is 1.25 bits per heavy atom. The molecule has 1 saturated carbocycles. The maximum absolute atomic E-state index is 5.70. The Morgan fingerprint density at radius 2 is 2.21 bits per heavy atom. The van der Waals surface area contributed by atoms with Gasteiger partial charge in [-0.15, -0.1) is 0 Å². The minimum Gasteiger partial charge on any atom is -0.378 e. The zero-order valence-corrected chi connectivity index (χ0v) is 13.8. The van der Waals surface area contributed by atoms with Gasteiger partial charge in [0.15, 0.2) is 0 Å². The van der Waals surface area contributed by atoms with Crippen LogP contribution in [-0.4, -0.2) is 45.7 Å². The van der Waals surface area contributed by atoms with Crippen molar-refractivity contribution in [3.05, 3.63) is 48.2 Å². The highest BCUT2D eigenvalue weighted by atomic mass is 16.5. The van der Waals surface area contributed by atoms with Gasteiger partial charge in [-0.3, -0.25) is 9.88 Å².